The summed E-state index contributed by atoms with van der Waals surface area (Å²) >= 11 is 0. The Morgan fingerprint density at radius 1 is 1.05 bits per heavy atom. The first-order chi connectivity index (χ1) is 19.6. The van der Waals surface area contributed by atoms with Crippen molar-refractivity contribution in [1.82, 2.24) is 4.90 Å². The number of nitrogens with zero attached hydrogens (tertiary/aromatic N) is 1. The Balaban J connectivity index is 0.00000244. The molecular weight excluding hydrogens is 516 g/mol. The van der Waals surface area contributed by atoms with Gasteiger partial charge in [0, 0.05) is 43.6 Å². The van der Waals surface area contributed by atoms with E-state index in [0.29, 0.717) is 36.8 Å². The van der Waals surface area contributed by atoms with E-state index in [1.165, 1.54) is 6.42 Å². The topological polar surface area (TPSA) is 83.2 Å². The van der Waals surface area contributed by atoms with Gasteiger partial charge in [-0.15, -0.1) is 12.3 Å². The SMILES string of the molecule is C#CC.CCC.COc1cc(C(=O)N(C(C)C)C(C)C)ccc1OCCCCCOC1=CC(OC)C(CN)C=CC1. The number of rotatable bonds is 14. The molecule has 2 unspecified atom stereocenters. The second-order valence-electron chi connectivity index (χ2n) is 10.4. The summed E-state index contributed by atoms with van der Waals surface area (Å²) in [6, 6.07) is 5.63. The van der Waals surface area contributed by atoms with Gasteiger partial charge in [-0.3, -0.25) is 4.79 Å². The lowest BCUT2D eigenvalue weighted by Crippen LogP contribution is -2.42. The summed E-state index contributed by atoms with van der Waals surface area (Å²) in [6.07, 6.45) is 15.7. The highest BCUT2D eigenvalue weighted by Gasteiger charge is 2.23. The number of ether oxygens (including phenoxy) is 4. The summed E-state index contributed by atoms with van der Waals surface area (Å²) in [5.74, 6) is 4.59. The number of methoxy groups -OCH3 is 2. The average Bonchev–Trinajstić information content (AvgIpc) is 3.14. The lowest BCUT2D eigenvalue weighted by molar-refractivity contribution is 0.0643. The molecule has 0 aliphatic heterocycles. The van der Waals surface area contributed by atoms with Gasteiger partial charge in [0.15, 0.2) is 11.5 Å². The Kier molecular flexibility index (Phi) is 21.1. The third-order valence-electron chi connectivity index (χ3n) is 6.11. The number of carbonyl (C=O) groups is 1. The van der Waals surface area contributed by atoms with Crippen LogP contribution in [-0.4, -0.2) is 63.0 Å². The first-order valence-corrected chi connectivity index (χ1v) is 14.9. The molecular formula is C34H56N2O5. The van der Waals surface area contributed by atoms with E-state index in [2.05, 4.69) is 38.3 Å². The molecule has 2 atom stereocenters. The largest absolute Gasteiger partial charge is 0.498 e. The molecule has 0 saturated carbocycles. The van der Waals surface area contributed by atoms with Crippen LogP contribution in [0.15, 0.2) is 42.2 Å². The molecule has 2 N–H and O–H groups in total. The van der Waals surface area contributed by atoms with Crippen LogP contribution in [0, 0.1) is 18.3 Å². The minimum atomic E-state index is -0.0439. The number of allylic oxidation sites excluding steroid dienone is 1. The molecule has 0 fully saturated rings. The highest BCUT2D eigenvalue weighted by atomic mass is 16.5. The van der Waals surface area contributed by atoms with Crippen LogP contribution >= 0.6 is 0 Å². The molecule has 7 nitrogen and oxygen atoms in total. The molecule has 2 rings (SSSR count). The van der Waals surface area contributed by atoms with Crippen LogP contribution in [0.5, 0.6) is 11.5 Å². The Bertz CT molecular complexity index is 941. The van der Waals surface area contributed by atoms with Gasteiger partial charge < -0.3 is 29.6 Å². The van der Waals surface area contributed by atoms with Crippen LogP contribution in [0.1, 0.15) is 90.9 Å². The number of nitrogens with two attached hydrogens (primary N) is 1. The van der Waals surface area contributed by atoms with Gasteiger partial charge in [-0.2, -0.15) is 0 Å². The van der Waals surface area contributed by atoms with E-state index in [4.69, 9.17) is 24.7 Å². The smallest absolute Gasteiger partial charge is 0.254 e. The van der Waals surface area contributed by atoms with Gasteiger partial charge in [-0.1, -0.05) is 32.4 Å². The molecule has 1 aromatic rings. The van der Waals surface area contributed by atoms with Crippen molar-refractivity contribution in [3.05, 3.63) is 47.7 Å². The van der Waals surface area contributed by atoms with E-state index < -0.39 is 0 Å². The molecule has 1 aliphatic carbocycles. The molecule has 0 radical (unpaired) electrons. The summed E-state index contributed by atoms with van der Waals surface area (Å²) in [6.45, 7) is 15.8. The van der Waals surface area contributed by atoms with E-state index in [-0.39, 0.29) is 30.0 Å². The molecule has 0 bridgehead atoms. The number of amides is 1. The maximum absolute atomic E-state index is 13.0. The van der Waals surface area contributed by atoms with Crippen molar-refractivity contribution in [1.29, 1.82) is 0 Å². The Hall–Kier alpha value is -2.95. The summed E-state index contributed by atoms with van der Waals surface area (Å²) in [4.78, 5) is 14.8. The Morgan fingerprint density at radius 2 is 1.63 bits per heavy atom. The Morgan fingerprint density at radius 3 is 2.15 bits per heavy atom. The summed E-state index contributed by atoms with van der Waals surface area (Å²) in [7, 11) is 3.30. The predicted octanol–water partition coefficient (Wildman–Crippen LogP) is 7.01. The van der Waals surface area contributed by atoms with Gasteiger partial charge in [-0.05, 0) is 78.2 Å². The third kappa shape index (κ3) is 14.5. The second kappa shape index (κ2) is 22.7. The highest BCUT2D eigenvalue weighted by molar-refractivity contribution is 5.95. The van der Waals surface area contributed by atoms with Crippen molar-refractivity contribution >= 4 is 5.91 Å². The highest BCUT2D eigenvalue weighted by Crippen LogP contribution is 2.29. The number of hydrogen-bond donors (Lipinski definition) is 1. The van der Waals surface area contributed by atoms with Crippen LogP contribution in [-0.2, 0) is 9.47 Å². The molecule has 0 spiro atoms. The zero-order chi connectivity index (χ0) is 31.2. The van der Waals surface area contributed by atoms with Crippen molar-refractivity contribution in [3.8, 4) is 23.8 Å². The fourth-order valence-electron chi connectivity index (χ4n) is 4.31. The summed E-state index contributed by atoms with van der Waals surface area (Å²) in [5.41, 5.74) is 6.43. The lowest BCUT2D eigenvalue weighted by atomic mass is 10.0. The van der Waals surface area contributed by atoms with Crippen molar-refractivity contribution in [2.45, 2.75) is 98.8 Å². The monoisotopic (exact) mass is 572 g/mol. The first-order valence-electron chi connectivity index (χ1n) is 14.9. The predicted molar refractivity (Wildman–Crippen MR) is 170 cm³/mol. The molecule has 0 heterocycles. The van der Waals surface area contributed by atoms with Crippen molar-refractivity contribution in [3.63, 3.8) is 0 Å². The van der Waals surface area contributed by atoms with Crippen LogP contribution in [0.25, 0.3) is 0 Å². The quantitative estimate of drug-likeness (QED) is 0.147. The number of terminal acetylenes is 1. The molecule has 1 amide bonds. The zero-order valence-electron chi connectivity index (χ0n) is 27.1. The van der Waals surface area contributed by atoms with Gasteiger partial charge in [0.2, 0.25) is 0 Å². The summed E-state index contributed by atoms with van der Waals surface area (Å²) in [5, 5.41) is 0. The number of carbonyl (C=O) groups excluding carboxylic acids is 1. The summed E-state index contributed by atoms with van der Waals surface area (Å²) < 4.78 is 23.0. The molecule has 0 saturated heterocycles. The molecule has 232 valence electrons. The van der Waals surface area contributed by atoms with E-state index >= 15 is 0 Å². The minimum absolute atomic E-state index is 0.00510. The van der Waals surface area contributed by atoms with Gasteiger partial charge in [0.25, 0.3) is 5.91 Å². The van der Waals surface area contributed by atoms with Crippen LogP contribution in [0.2, 0.25) is 0 Å². The number of hydrogen-bond acceptors (Lipinski definition) is 6. The van der Waals surface area contributed by atoms with Crippen LogP contribution < -0.4 is 15.2 Å². The number of benzene rings is 1. The van der Waals surface area contributed by atoms with Crippen LogP contribution in [0.4, 0.5) is 0 Å². The molecule has 1 aliphatic rings. The van der Waals surface area contributed by atoms with E-state index in [1.54, 1.807) is 27.2 Å². The van der Waals surface area contributed by atoms with E-state index in [9.17, 15) is 4.79 Å². The Labute approximate surface area is 250 Å². The van der Waals surface area contributed by atoms with E-state index in [1.807, 2.05) is 50.8 Å². The maximum Gasteiger partial charge on any atom is 0.254 e. The number of unbranched alkanes of at least 4 members (excludes halogenated alkanes) is 2. The van der Waals surface area contributed by atoms with Crippen molar-refractivity contribution < 1.29 is 23.7 Å². The standard InChI is InChI=1S/C28H44N2O5.C3H8.C3H4/c1-20(2)30(21(3)4)28(31)22-13-14-25(27(17-22)33-6)35-16-9-7-8-15-34-24-12-10-11-23(19-29)26(18-24)32-5;2*1-3-2/h10-11,13-14,17-18,20-21,23,26H,7-9,12,15-16,19,29H2,1-6H3;3H2,1-2H3;1H,2H3. The van der Waals surface area contributed by atoms with Crippen molar-refractivity contribution in [2.75, 3.05) is 34.0 Å². The normalized spacial score (nSPS) is 15.8. The fourth-order valence-corrected chi connectivity index (χ4v) is 4.31. The third-order valence-corrected chi connectivity index (χ3v) is 6.11. The maximum atomic E-state index is 13.0. The van der Waals surface area contributed by atoms with Gasteiger partial charge in [-0.25, -0.2) is 0 Å². The lowest BCUT2D eigenvalue weighted by Gasteiger charge is -2.31. The van der Waals surface area contributed by atoms with E-state index in [0.717, 1.165) is 31.4 Å². The molecule has 0 aromatic heterocycles. The first kappa shape index (κ1) is 38.0. The zero-order valence-corrected chi connectivity index (χ0v) is 27.1. The van der Waals surface area contributed by atoms with Crippen LogP contribution in [0.3, 0.4) is 0 Å². The van der Waals surface area contributed by atoms with Gasteiger partial charge in [0.1, 0.15) is 0 Å². The second-order valence-corrected chi connectivity index (χ2v) is 10.4. The molecule has 1 aromatic carbocycles. The molecule has 41 heavy (non-hydrogen) atoms. The average molecular weight is 573 g/mol. The van der Waals surface area contributed by atoms with Crippen molar-refractivity contribution in [2.24, 2.45) is 11.7 Å². The van der Waals surface area contributed by atoms with Gasteiger partial charge >= 0.3 is 0 Å². The van der Waals surface area contributed by atoms with Gasteiger partial charge in [0.05, 0.1) is 32.2 Å². The minimum Gasteiger partial charge on any atom is -0.498 e. The fraction of sp³-hybridized carbons (Fsp3) is 0.618. The molecule has 7 heteroatoms.